The van der Waals surface area contributed by atoms with Gasteiger partial charge in [-0.3, -0.25) is 4.68 Å². The van der Waals surface area contributed by atoms with Gasteiger partial charge >= 0.3 is 0 Å². The summed E-state index contributed by atoms with van der Waals surface area (Å²) in [6, 6.07) is 6.27. The Hall–Kier alpha value is -0.840. The smallest absolute Gasteiger partial charge is 0.0595 e. The second kappa shape index (κ2) is 7.25. The maximum atomic E-state index is 6.43. The molecule has 1 unspecified atom stereocenters. The van der Waals surface area contributed by atoms with Crippen LogP contribution in [0.5, 0.6) is 0 Å². The molecule has 0 saturated heterocycles. The van der Waals surface area contributed by atoms with Crippen LogP contribution < -0.4 is 5.32 Å². The Labute approximate surface area is 133 Å². The molecular weight excluding hydrogens is 338 g/mol. The molecule has 1 heterocycles. The number of nitrogens with one attached hydrogen (secondary N) is 1. The lowest BCUT2D eigenvalue weighted by Crippen LogP contribution is -2.24. The number of hydrogen-bond acceptors (Lipinski definition) is 2. The molecule has 0 amide bonds. The first kappa shape index (κ1) is 15.5. The summed E-state index contributed by atoms with van der Waals surface area (Å²) in [4.78, 5) is 0. The van der Waals surface area contributed by atoms with Crippen LogP contribution in [-0.4, -0.2) is 16.3 Å². The number of aryl methyl sites for hydroxylation is 1. The highest BCUT2D eigenvalue weighted by atomic mass is 79.9. The topological polar surface area (TPSA) is 29.9 Å². The Bertz CT molecular complexity index is 568. The fraction of sp³-hybridized carbons (Fsp3) is 0.400. The van der Waals surface area contributed by atoms with Crippen LogP contribution in [0.1, 0.15) is 30.5 Å². The third-order valence-electron chi connectivity index (χ3n) is 3.20. The molecule has 3 nitrogen and oxygen atoms in total. The van der Waals surface area contributed by atoms with Gasteiger partial charge in [0.1, 0.15) is 0 Å². The maximum absolute atomic E-state index is 6.43. The molecule has 0 radical (unpaired) electrons. The summed E-state index contributed by atoms with van der Waals surface area (Å²) < 4.78 is 2.76. The van der Waals surface area contributed by atoms with Crippen molar-refractivity contribution in [3.63, 3.8) is 0 Å². The van der Waals surface area contributed by atoms with Gasteiger partial charge in [-0.05, 0) is 52.5 Å². The van der Waals surface area contributed by atoms with Crippen LogP contribution >= 0.6 is 27.5 Å². The van der Waals surface area contributed by atoms with Crippen molar-refractivity contribution in [1.82, 2.24) is 15.1 Å². The van der Waals surface area contributed by atoms with E-state index in [1.807, 2.05) is 36.3 Å². The largest absolute Gasteiger partial charge is 0.310 e. The number of benzene rings is 1. The van der Waals surface area contributed by atoms with Gasteiger partial charge in [-0.1, -0.05) is 30.7 Å². The molecular formula is C15H19BrClN3. The molecule has 1 atom stereocenters. The van der Waals surface area contributed by atoms with E-state index in [1.165, 1.54) is 5.56 Å². The zero-order valence-corrected chi connectivity index (χ0v) is 14.1. The van der Waals surface area contributed by atoms with E-state index in [2.05, 4.69) is 39.3 Å². The lowest BCUT2D eigenvalue weighted by Gasteiger charge is -2.20. The Morgan fingerprint density at radius 1 is 1.45 bits per heavy atom. The van der Waals surface area contributed by atoms with Gasteiger partial charge in [0.2, 0.25) is 0 Å². The average Bonchev–Trinajstić information content (AvgIpc) is 2.83. The van der Waals surface area contributed by atoms with Crippen LogP contribution in [-0.2, 0) is 13.5 Å². The molecule has 0 aliphatic rings. The second-order valence-corrected chi connectivity index (χ2v) is 6.11. The SMILES string of the molecule is CCCNC(Cc1cnn(C)c1)c1cccc(Br)c1Cl. The molecule has 0 spiro atoms. The second-order valence-electron chi connectivity index (χ2n) is 4.88. The maximum Gasteiger partial charge on any atom is 0.0595 e. The standard InChI is InChI=1S/C15H19BrClN3/c1-3-7-18-14(8-11-9-19-20(2)10-11)12-5-4-6-13(16)15(12)17/h4-6,9-10,14,18H,3,7-8H2,1-2H3. The van der Waals surface area contributed by atoms with E-state index in [0.29, 0.717) is 0 Å². The molecule has 2 aromatic rings. The van der Waals surface area contributed by atoms with Gasteiger partial charge in [0.05, 0.1) is 11.2 Å². The van der Waals surface area contributed by atoms with Crippen molar-refractivity contribution in [2.45, 2.75) is 25.8 Å². The Morgan fingerprint density at radius 3 is 2.90 bits per heavy atom. The monoisotopic (exact) mass is 355 g/mol. The van der Waals surface area contributed by atoms with Gasteiger partial charge in [0.25, 0.3) is 0 Å². The van der Waals surface area contributed by atoms with Crippen LogP contribution in [0.2, 0.25) is 5.02 Å². The van der Waals surface area contributed by atoms with E-state index in [4.69, 9.17) is 11.6 Å². The number of rotatable bonds is 6. The summed E-state index contributed by atoms with van der Waals surface area (Å²) in [6.45, 7) is 3.13. The highest BCUT2D eigenvalue weighted by Crippen LogP contribution is 2.31. The van der Waals surface area contributed by atoms with Crippen molar-refractivity contribution in [1.29, 1.82) is 0 Å². The molecule has 0 aliphatic heterocycles. The van der Waals surface area contributed by atoms with E-state index >= 15 is 0 Å². The highest BCUT2D eigenvalue weighted by molar-refractivity contribution is 9.10. The zero-order chi connectivity index (χ0) is 14.5. The van der Waals surface area contributed by atoms with E-state index in [9.17, 15) is 0 Å². The van der Waals surface area contributed by atoms with Crippen molar-refractivity contribution in [3.8, 4) is 0 Å². The van der Waals surface area contributed by atoms with Crippen molar-refractivity contribution in [2.24, 2.45) is 7.05 Å². The minimum atomic E-state index is 0.198. The van der Waals surface area contributed by atoms with E-state index in [0.717, 1.165) is 34.4 Å². The van der Waals surface area contributed by atoms with Gasteiger partial charge in [-0.15, -0.1) is 0 Å². The fourth-order valence-corrected chi connectivity index (χ4v) is 2.85. The van der Waals surface area contributed by atoms with Gasteiger partial charge in [-0.25, -0.2) is 0 Å². The molecule has 20 heavy (non-hydrogen) atoms. The molecule has 5 heteroatoms. The first-order valence-electron chi connectivity index (χ1n) is 6.76. The molecule has 0 aliphatic carbocycles. The predicted molar refractivity (Wildman–Crippen MR) is 87.1 cm³/mol. The van der Waals surface area contributed by atoms with Crippen LogP contribution in [0.25, 0.3) is 0 Å². The lowest BCUT2D eigenvalue weighted by molar-refractivity contribution is 0.529. The van der Waals surface area contributed by atoms with Crippen molar-refractivity contribution in [3.05, 3.63) is 51.2 Å². The summed E-state index contributed by atoms with van der Waals surface area (Å²) in [5.74, 6) is 0. The molecule has 108 valence electrons. The van der Waals surface area contributed by atoms with E-state index in [1.54, 1.807) is 0 Å². The summed E-state index contributed by atoms with van der Waals surface area (Å²) in [5.41, 5.74) is 2.33. The quantitative estimate of drug-likeness (QED) is 0.844. The molecule has 0 saturated carbocycles. The third kappa shape index (κ3) is 3.84. The third-order valence-corrected chi connectivity index (χ3v) is 4.51. The van der Waals surface area contributed by atoms with Crippen LogP contribution in [0, 0.1) is 0 Å². The average molecular weight is 357 g/mol. The Morgan fingerprint density at radius 2 is 2.25 bits per heavy atom. The summed E-state index contributed by atoms with van der Waals surface area (Å²) >= 11 is 9.93. The van der Waals surface area contributed by atoms with Gasteiger partial charge < -0.3 is 5.32 Å². The van der Waals surface area contributed by atoms with Gasteiger partial charge in [0, 0.05) is 23.8 Å². The van der Waals surface area contributed by atoms with Crippen LogP contribution in [0.3, 0.4) is 0 Å². The van der Waals surface area contributed by atoms with E-state index < -0.39 is 0 Å². The summed E-state index contributed by atoms with van der Waals surface area (Å²) in [7, 11) is 1.93. The van der Waals surface area contributed by atoms with Crippen molar-refractivity contribution < 1.29 is 0 Å². The lowest BCUT2D eigenvalue weighted by atomic mass is 10.0. The molecule has 1 aromatic heterocycles. The zero-order valence-electron chi connectivity index (χ0n) is 11.7. The van der Waals surface area contributed by atoms with Crippen molar-refractivity contribution >= 4 is 27.5 Å². The minimum absolute atomic E-state index is 0.198. The van der Waals surface area contributed by atoms with Crippen molar-refractivity contribution in [2.75, 3.05) is 6.54 Å². The number of aromatic nitrogens is 2. The fourth-order valence-electron chi connectivity index (χ4n) is 2.21. The summed E-state index contributed by atoms with van der Waals surface area (Å²) in [6.07, 6.45) is 5.93. The molecule has 0 fully saturated rings. The summed E-state index contributed by atoms with van der Waals surface area (Å²) in [5, 5.41) is 8.58. The number of nitrogens with zero attached hydrogens (tertiary/aromatic N) is 2. The number of hydrogen-bond donors (Lipinski definition) is 1. The van der Waals surface area contributed by atoms with Crippen LogP contribution in [0.4, 0.5) is 0 Å². The molecule has 2 rings (SSSR count). The molecule has 1 N–H and O–H groups in total. The first-order valence-corrected chi connectivity index (χ1v) is 7.93. The highest BCUT2D eigenvalue weighted by Gasteiger charge is 2.16. The normalized spacial score (nSPS) is 12.6. The van der Waals surface area contributed by atoms with E-state index in [-0.39, 0.29) is 6.04 Å². The van der Waals surface area contributed by atoms with Gasteiger partial charge in [0.15, 0.2) is 0 Å². The Balaban J connectivity index is 2.24. The molecule has 1 aromatic carbocycles. The minimum Gasteiger partial charge on any atom is -0.310 e. The predicted octanol–water partition coefficient (Wildman–Crippen LogP) is 4.12. The first-order chi connectivity index (χ1) is 9.61. The Kier molecular flexibility index (Phi) is 5.64. The van der Waals surface area contributed by atoms with Crippen LogP contribution in [0.15, 0.2) is 35.1 Å². The number of halogens is 2. The van der Waals surface area contributed by atoms with Gasteiger partial charge in [-0.2, -0.15) is 5.10 Å². The molecule has 0 bridgehead atoms.